The maximum Gasteiger partial charge on any atom is 0.490 e. The number of carboxylic acids is 1. The third-order valence-corrected chi connectivity index (χ3v) is 6.09. The minimum Gasteiger partial charge on any atom is -0.508 e. The van der Waals surface area contributed by atoms with Crippen LogP contribution in [0.25, 0.3) is 0 Å². The van der Waals surface area contributed by atoms with Gasteiger partial charge in [0.15, 0.2) is 0 Å². The van der Waals surface area contributed by atoms with Gasteiger partial charge in [-0.05, 0) is 50.3 Å². The van der Waals surface area contributed by atoms with Crippen molar-refractivity contribution in [2.75, 3.05) is 26.2 Å². The highest BCUT2D eigenvalue weighted by atomic mass is 35.5. The molecular weight excluding hydrogens is 448 g/mol. The number of phenols is 1. The van der Waals surface area contributed by atoms with Gasteiger partial charge in [-0.25, -0.2) is 4.79 Å². The Kier molecular flexibility index (Phi) is 8.63. The van der Waals surface area contributed by atoms with E-state index in [0.29, 0.717) is 22.4 Å². The van der Waals surface area contributed by atoms with Crippen molar-refractivity contribution < 1.29 is 33.0 Å². The summed E-state index contributed by atoms with van der Waals surface area (Å²) >= 11 is 12.3. The van der Waals surface area contributed by atoms with E-state index in [1.807, 2.05) is 4.90 Å². The lowest BCUT2D eigenvalue weighted by Gasteiger charge is -2.33. The average molecular weight is 471 g/mol. The Bertz CT molecular complexity index is 763. The normalized spacial score (nSPS) is 19.9. The highest BCUT2D eigenvalue weighted by molar-refractivity contribution is 6.42. The molecule has 1 aromatic carbocycles. The largest absolute Gasteiger partial charge is 0.508 e. The maximum atomic E-state index is 12.4. The van der Waals surface area contributed by atoms with Gasteiger partial charge in [-0.2, -0.15) is 13.2 Å². The minimum atomic E-state index is -5.08. The van der Waals surface area contributed by atoms with Crippen molar-refractivity contribution in [1.82, 2.24) is 10.2 Å². The zero-order chi connectivity index (χ0) is 22.5. The number of carboxylic acid groups (broad SMARTS) is 1. The van der Waals surface area contributed by atoms with Crippen LogP contribution in [0.1, 0.15) is 24.8 Å². The molecule has 2 heterocycles. The van der Waals surface area contributed by atoms with Gasteiger partial charge in [0.25, 0.3) is 0 Å². The van der Waals surface area contributed by atoms with Crippen molar-refractivity contribution >= 4 is 35.1 Å². The third kappa shape index (κ3) is 6.65. The van der Waals surface area contributed by atoms with Crippen LogP contribution in [0, 0.1) is 11.8 Å². The molecule has 1 amide bonds. The molecule has 6 nitrogen and oxygen atoms in total. The van der Waals surface area contributed by atoms with Crippen LogP contribution in [-0.4, -0.2) is 59.3 Å². The number of halogens is 5. The second kappa shape index (κ2) is 10.5. The number of carbonyl (C=O) groups excluding carboxylic acids is 1. The number of hydrogen-bond donors (Lipinski definition) is 3. The molecule has 0 spiro atoms. The van der Waals surface area contributed by atoms with E-state index in [2.05, 4.69) is 5.32 Å². The quantitative estimate of drug-likeness (QED) is 0.626. The minimum absolute atomic E-state index is 0.151. The van der Waals surface area contributed by atoms with Crippen molar-refractivity contribution in [1.29, 1.82) is 0 Å². The number of benzene rings is 1. The summed E-state index contributed by atoms with van der Waals surface area (Å²) in [5.74, 6) is -1.69. The lowest BCUT2D eigenvalue weighted by molar-refractivity contribution is -0.192. The van der Waals surface area contributed by atoms with Gasteiger partial charge in [0.05, 0.1) is 16.0 Å². The number of phenolic OH excluding ortho intramolecular Hbond substituents is 1. The van der Waals surface area contributed by atoms with E-state index in [9.17, 15) is 23.1 Å². The van der Waals surface area contributed by atoms with Crippen molar-refractivity contribution in [3.8, 4) is 5.75 Å². The van der Waals surface area contributed by atoms with Gasteiger partial charge in [0.2, 0.25) is 5.91 Å². The summed E-state index contributed by atoms with van der Waals surface area (Å²) in [7, 11) is 0. The molecule has 30 heavy (non-hydrogen) atoms. The molecule has 2 saturated heterocycles. The first-order valence-electron chi connectivity index (χ1n) is 9.46. The Morgan fingerprint density at radius 1 is 1.17 bits per heavy atom. The zero-order valence-corrected chi connectivity index (χ0v) is 17.5. The second-order valence-electron chi connectivity index (χ2n) is 7.32. The second-order valence-corrected chi connectivity index (χ2v) is 8.11. The monoisotopic (exact) mass is 470 g/mol. The Morgan fingerprint density at radius 3 is 2.27 bits per heavy atom. The van der Waals surface area contributed by atoms with E-state index in [4.69, 9.17) is 33.1 Å². The molecule has 2 fully saturated rings. The topological polar surface area (TPSA) is 89.9 Å². The van der Waals surface area contributed by atoms with Crippen LogP contribution in [0.3, 0.4) is 0 Å². The van der Waals surface area contributed by atoms with Gasteiger partial charge in [-0.15, -0.1) is 0 Å². The predicted molar refractivity (Wildman–Crippen MR) is 106 cm³/mol. The van der Waals surface area contributed by atoms with E-state index in [-0.39, 0.29) is 17.6 Å². The van der Waals surface area contributed by atoms with Gasteiger partial charge in [0.1, 0.15) is 5.75 Å². The van der Waals surface area contributed by atoms with Crippen molar-refractivity contribution in [2.24, 2.45) is 11.8 Å². The number of piperidine rings is 1. The molecule has 2 aliphatic rings. The van der Waals surface area contributed by atoms with E-state index in [1.165, 1.54) is 0 Å². The standard InChI is InChI=1S/C17H22Cl2N2O2.C2HF3O2/c18-14-1-2-15(22)13(16(14)19)9-11-4-7-21(8-5-11)17(23)12-3-6-20-10-12;3-2(4,5)1(6)7/h1-2,11-12,20,22H,3-10H2;(H,6,7)/t12-;/m1./s1. The fourth-order valence-corrected chi connectivity index (χ4v) is 3.96. The van der Waals surface area contributed by atoms with Gasteiger partial charge in [-0.1, -0.05) is 23.2 Å². The Hall–Kier alpha value is -1.71. The number of nitrogens with one attached hydrogen (secondary N) is 1. The number of amides is 1. The fraction of sp³-hybridized carbons (Fsp3) is 0.579. The summed E-state index contributed by atoms with van der Waals surface area (Å²) in [4.78, 5) is 23.3. The van der Waals surface area contributed by atoms with Crippen molar-refractivity contribution in [3.63, 3.8) is 0 Å². The SMILES string of the molecule is O=C(O)C(F)(F)F.O=C([C@@H]1CCNC1)N1CCC(Cc2c(O)ccc(Cl)c2Cl)CC1. The van der Waals surface area contributed by atoms with Crippen LogP contribution in [0.4, 0.5) is 13.2 Å². The maximum absolute atomic E-state index is 12.4. The van der Waals surface area contributed by atoms with E-state index >= 15 is 0 Å². The molecule has 0 aliphatic carbocycles. The molecule has 2 aliphatic heterocycles. The number of aromatic hydroxyl groups is 1. The van der Waals surface area contributed by atoms with E-state index in [0.717, 1.165) is 51.0 Å². The van der Waals surface area contributed by atoms with E-state index in [1.54, 1.807) is 12.1 Å². The third-order valence-electron chi connectivity index (χ3n) is 5.24. The molecule has 0 unspecified atom stereocenters. The Morgan fingerprint density at radius 2 is 1.77 bits per heavy atom. The van der Waals surface area contributed by atoms with Crippen LogP contribution in [-0.2, 0) is 16.0 Å². The lowest BCUT2D eigenvalue weighted by atomic mass is 9.89. The van der Waals surface area contributed by atoms with Gasteiger partial charge in [0, 0.05) is 25.2 Å². The predicted octanol–water partition coefficient (Wildman–Crippen LogP) is 3.72. The number of alkyl halides is 3. The molecule has 0 aromatic heterocycles. The summed E-state index contributed by atoms with van der Waals surface area (Å²) in [6, 6.07) is 3.20. The number of rotatable bonds is 3. The molecule has 0 radical (unpaired) electrons. The smallest absolute Gasteiger partial charge is 0.490 e. The van der Waals surface area contributed by atoms with Crippen LogP contribution in [0.5, 0.6) is 5.75 Å². The number of nitrogens with zero attached hydrogens (tertiary/aromatic N) is 1. The van der Waals surface area contributed by atoms with Gasteiger partial charge in [-0.3, -0.25) is 4.79 Å². The highest BCUT2D eigenvalue weighted by Gasteiger charge is 2.38. The Balaban J connectivity index is 0.000000396. The van der Waals surface area contributed by atoms with Crippen molar-refractivity contribution in [2.45, 2.75) is 31.9 Å². The van der Waals surface area contributed by atoms with Crippen LogP contribution < -0.4 is 5.32 Å². The van der Waals surface area contributed by atoms with Gasteiger partial charge >= 0.3 is 12.1 Å². The molecule has 1 atom stereocenters. The number of likely N-dealkylation sites (tertiary alicyclic amines) is 1. The molecule has 1 aromatic rings. The van der Waals surface area contributed by atoms with Crippen LogP contribution >= 0.6 is 23.2 Å². The molecule has 0 bridgehead atoms. The molecule has 0 saturated carbocycles. The number of aliphatic carboxylic acids is 1. The molecule has 168 valence electrons. The van der Waals surface area contributed by atoms with Gasteiger partial charge < -0.3 is 20.4 Å². The highest BCUT2D eigenvalue weighted by Crippen LogP contribution is 2.36. The van der Waals surface area contributed by atoms with Crippen LogP contribution in [0.2, 0.25) is 10.0 Å². The molecule has 3 N–H and O–H groups in total. The first kappa shape index (κ1) is 24.6. The molecule has 11 heteroatoms. The van der Waals surface area contributed by atoms with Crippen molar-refractivity contribution in [3.05, 3.63) is 27.7 Å². The van der Waals surface area contributed by atoms with E-state index < -0.39 is 12.1 Å². The number of hydrogen-bond acceptors (Lipinski definition) is 4. The fourth-order valence-electron chi connectivity index (χ4n) is 3.55. The summed E-state index contributed by atoms with van der Waals surface area (Å²) in [6.07, 6.45) is -1.55. The summed E-state index contributed by atoms with van der Waals surface area (Å²) < 4.78 is 31.7. The first-order valence-corrected chi connectivity index (χ1v) is 10.2. The summed E-state index contributed by atoms with van der Waals surface area (Å²) in [5.41, 5.74) is 0.726. The zero-order valence-electron chi connectivity index (χ0n) is 16.0. The lowest BCUT2D eigenvalue weighted by Crippen LogP contribution is -2.42. The number of carbonyl (C=O) groups is 2. The molecular formula is C19H23Cl2F3N2O4. The average Bonchev–Trinajstić information content (AvgIpc) is 3.23. The molecule has 3 rings (SSSR count). The van der Waals surface area contributed by atoms with Crippen LogP contribution in [0.15, 0.2) is 12.1 Å². The first-order chi connectivity index (χ1) is 14.0. The summed E-state index contributed by atoms with van der Waals surface area (Å²) in [5, 5.41) is 21.3. The Labute approximate surface area is 181 Å². The summed E-state index contributed by atoms with van der Waals surface area (Å²) in [6.45, 7) is 3.34.